The molecule has 0 atom stereocenters. The van der Waals surface area contributed by atoms with E-state index in [0.29, 0.717) is 46.7 Å². The van der Waals surface area contributed by atoms with E-state index < -0.39 is 18.5 Å². The summed E-state index contributed by atoms with van der Waals surface area (Å²) in [7, 11) is 0. The molecule has 134 valence electrons. The number of hydrogen-bond acceptors (Lipinski definition) is 6. The summed E-state index contributed by atoms with van der Waals surface area (Å²) in [6.07, 6.45) is 0.674. The number of benzene rings is 2. The Hall–Kier alpha value is -2.87. The Balaban J connectivity index is 1.58. The summed E-state index contributed by atoms with van der Waals surface area (Å²) in [6.45, 7) is 0.451. The second-order valence-corrected chi connectivity index (χ2v) is 6.19. The van der Waals surface area contributed by atoms with E-state index in [1.807, 2.05) is 0 Å². The van der Waals surface area contributed by atoms with Gasteiger partial charge in [-0.3, -0.25) is 9.59 Å². The summed E-state index contributed by atoms with van der Waals surface area (Å²) in [4.78, 5) is 34.6. The number of fused-ring (bicyclic) bond motifs is 1. The van der Waals surface area contributed by atoms with Gasteiger partial charge in [0, 0.05) is 22.2 Å². The Kier molecular flexibility index (Phi) is 5.52. The maximum atomic E-state index is 12.0. The molecule has 1 aliphatic heterocycles. The molecule has 1 amide bonds. The molecule has 0 saturated heterocycles. The number of ether oxygens (including phenoxy) is 3. The molecule has 3 rings (SSSR count). The molecular weight excluding hydrogens is 406 g/mol. The quantitative estimate of drug-likeness (QED) is 0.591. The zero-order chi connectivity index (χ0) is 18.5. The van der Waals surface area contributed by atoms with E-state index in [-0.39, 0.29) is 5.56 Å². The molecule has 0 spiro atoms. The van der Waals surface area contributed by atoms with Crippen molar-refractivity contribution in [1.29, 1.82) is 0 Å². The minimum atomic E-state index is -0.654. The third-order valence-electron chi connectivity index (χ3n) is 3.52. The monoisotopic (exact) mass is 419 g/mol. The minimum Gasteiger partial charge on any atom is -0.486 e. The molecule has 1 N–H and O–H groups in total. The second-order valence-electron chi connectivity index (χ2n) is 5.34. The summed E-state index contributed by atoms with van der Waals surface area (Å²) in [5.74, 6) is -0.0348. The predicted molar refractivity (Wildman–Crippen MR) is 95.9 cm³/mol. The molecule has 1 heterocycles. The normalized spacial score (nSPS) is 12.2. The lowest BCUT2D eigenvalue weighted by Crippen LogP contribution is -2.21. The number of carbonyl (C=O) groups is 3. The van der Waals surface area contributed by atoms with Crippen molar-refractivity contribution in [2.24, 2.45) is 0 Å². The van der Waals surface area contributed by atoms with Gasteiger partial charge in [-0.05, 0) is 28.1 Å². The van der Waals surface area contributed by atoms with Crippen LogP contribution in [0.4, 0.5) is 5.69 Å². The van der Waals surface area contributed by atoms with Gasteiger partial charge >= 0.3 is 5.97 Å². The smallest absolute Gasteiger partial charge is 0.338 e. The first-order valence-electron chi connectivity index (χ1n) is 7.68. The van der Waals surface area contributed by atoms with Crippen molar-refractivity contribution in [3.63, 3.8) is 0 Å². The summed E-state index contributed by atoms with van der Waals surface area (Å²) in [6, 6.07) is 9.25. The Labute approximate surface area is 157 Å². The third-order valence-corrected chi connectivity index (χ3v) is 4.18. The number of amides is 1. The molecule has 26 heavy (non-hydrogen) atoms. The van der Waals surface area contributed by atoms with E-state index in [2.05, 4.69) is 21.2 Å². The van der Waals surface area contributed by atoms with E-state index in [4.69, 9.17) is 14.2 Å². The Morgan fingerprint density at radius 2 is 1.77 bits per heavy atom. The predicted octanol–water partition coefficient (Wildman–Crippen LogP) is 2.83. The standard InChI is InChI=1S/C18H14BrNO6/c19-13-7-15-16(25-6-5-24-15)8-14(13)20-17(22)10-26-18(23)12-3-1-11(9-21)2-4-12/h1-4,7-9H,5-6,10H2,(H,20,22). The third kappa shape index (κ3) is 4.20. The number of aldehydes is 1. The van der Waals surface area contributed by atoms with Crippen molar-refractivity contribution in [1.82, 2.24) is 0 Å². The highest BCUT2D eigenvalue weighted by Crippen LogP contribution is 2.38. The highest BCUT2D eigenvalue weighted by Gasteiger charge is 2.17. The minimum absolute atomic E-state index is 0.254. The molecule has 0 unspecified atom stereocenters. The zero-order valence-corrected chi connectivity index (χ0v) is 15.1. The topological polar surface area (TPSA) is 90.9 Å². The highest BCUT2D eigenvalue weighted by atomic mass is 79.9. The number of nitrogens with one attached hydrogen (secondary N) is 1. The maximum absolute atomic E-state index is 12.0. The van der Waals surface area contributed by atoms with Gasteiger partial charge in [-0.1, -0.05) is 12.1 Å². The first-order chi connectivity index (χ1) is 12.6. The SMILES string of the molecule is O=Cc1ccc(C(=O)OCC(=O)Nc2cc3c(cc2Br)OCCO3)cc1. The van der Waals surface area contributed by atoms with Crippen LogP contribution in [0.1, 0.15) is 20.7 Å². The van der Waals surface area contributed by atoms with E-state index >= 15 is 0 Å². The van der Waals surface area contributed by atoms with Gasteiger partial charge < -0.3 is 19.5 Å². The molecule has 0 radical (unpaired) electrons. The van der Waals surface area contributed by atoms with Crippen LogP contribution in [0.3, 0.4) is 0 Å². The summed E-state index contributed by atoms with van der Waals surface area (Å²) >= 11 is 3.35. The molecule has 8 heteroatoms. The fourth-order valence-electron chi connectivity index (χ4n) is 2.26. The second kappa shape index (κ2) is 8.01. The van der Waals surface area contributed by atoms with Crippen LogP contribution >= 0.6 is 15.9 Å². The van der Waals surface area contributed by atoms with Crippen LogP contribution in [0, 0.1) is 0 Å². The number of halogens is 1. The van der Waals surface area contributed by atoms with Gasteiger partial charge in [0.05, 0.1) is 11.3 Å². The van der Waals surface area contributed by atoms with Crippen LogP contribution in [-0.4, -0.2) is 38.0 Å². The van der Waals surface area contributed by atoms with Crippen molar-refractivity contribution in [3.05, 3.63) is 52.0 Å². The molecule has 1 aliphatic rings. The lowest BCUT2D eigenvalue weighted by atomic mass is 10.1. The Bertz CT molecular complexity index is 850. The molecule has 7 nitrogen and oxygen atoms in total. The average Bonchev–Trinajstić information content (AvgIpc) is 2.66. The molecule has 2 aromatic rings. The fourth-order valence-corrected chi connectivity index (χ4v) is 2.68. The molecule has 2 aromatic carbocycles. The van der Waals surface area contributed by atoms with E-state index in [9.17, 15) is 14.4 Å². The van der Waals surface area contributed by atoms with Crippen molar-refractivity contribution in [2.75, 3.05) is 25.1 Å². The van der Waals surface area contributed by atoms with Crippen LogP contribution in [0.5, 0.6) is 11.5 Å². The van der Waals surface area contributed by atoms with Crippen LogP contribution in [0.2, 0.25) is 0 Å². The summed E-state index contributed by atoms with van der Waals surface area (Å²) < 4.78 is 16.5. The summed E-state index contributed by atoms with van der Waals surface area (Å²) in [5, 5.41) is 2.64. The highest BCUT2D eigenvalue weighted by molar-refractivity contribution is 9.10. The van der Waals surface area contributed by atoms with E-state index in [0.717, 1.165) is 0 Å². The van der Waals surface area contributed by atoms with Gasteiger partial charge in [-0.15, -0.1) is 0 Å². The van der Waals surface area contributed by atoms with Gasteiger partial charge in [0.15, 0.2) is 18.1 Å². The molecular formula is C18H14BrNO6. The van der Waals surface area contributed by atoms with Crippen molar-refractivity contribution >= 4 is 39.8 Å². The van der Waals surface area contributed by atoms with E-state index in [1.54, 1.807) is 12.1 Å². The zero-order valence-electron chi connectivity index (χ0n) is 13.5. The maximum Gasteiger partial charge on any atom is 0.338 e. The number of anilines is 1. The lowest BCUT2D eigenvalue weighted by molar-refractivity contribution is -0.119. The van der Waals surface area contributed by atoms with Gasteiger partial charge in [0.1, 0.15) is 19.5 Å². The average molecular weight is 420 g/mol. The summed E-state index contributed by atoms with van der Waals surface area (Å²) in [5.41, 5.74) is 1.18. The molecule has 0 aliphatic carbocycles. The van der Waals surface area contributed by atoms with Gasteiger partial charge in [0.25, 0.3) is 5.91 Å². The largest absolute Gasteiger partial charge is 0.486 e. The van der Waals surface area contributed by atoms with Gasteiger partial charge in [-0.2, -0.15) is 0 Å². The Morgan fingerprint density at radius 3 is 2.42 bits per heavy atom. The fraction of sp³-hybridized carbons (Fsp3) is 0.167. The number of rotatable bonds is 5. The van der Waals surface area contributed by atoms with Crippen LogP contribution in [-0.2, 0) is 9.53 Å². The van der Waals surface area contributed by atoms with Crippen molar-refractivity contribution in [3.8, 4) is 11.5 Å². The van der Waals surface area contributed by atoms with Crippen LogP contribution in [0.25, 0.3) is 0 Å². The first-order valence-corrected chi connectivity index (χ1v) is 8.47. The number of carbonyl (C=O) groups excluding carboxylic acids is 3. The molecule has 0 fully saturated rings. The molecule has 0 saturated carbocycles. The van der Waals surface area contributed by atoms with Gasteiger partial charge in [0.2, 0.25) is 0 Å². The number of esters is 1. The first kappa shape index (κ1) is 17.9. The van der Waals surface area contributed by atoms with Crippen molar-refractivity contribution < 1.29 is 28.6 Å². The molecule has 0 bridgehead atoms. The van der Waals surface area contributed by atoms with Gasteiger partial charge in [-0.25, -0.2) is 4.79 Å². The van der Waals surface area contributed by atoms with Crippen LogP contribution in [0.15, 0.2) is 40.9 Å². The van der Waals surface area contributed by atoms with E-state index in [1.165, 1.54) is 24.3 Å². The Morgan fingerprint density at radius 1 is 1.12 bits per heavy atom. The van der Waals surface area contributed by atoms with Crippen molar-refractivity contribution in [2.45, 2.75) is 0 Å². The number of hydrogen-bond donors (Lipinski definition) is 1. The molecule has 0 aromatic heterocycles. The van der Waals surface area contributed by atoms with Crippen LogP contribution < -0.4 is 14.8 Å². The lowest BCUT2D eigenvalue weighted by Gasteiger charge is -2.20.